The van der Waals surface area contributed by atoms with Crippen LogP contribution in [0.2, 0.25) is 5.02 Å². The number of carbonyl (C=O) groups is 2. The second kappa shape index (κ2) is 7.53. The number of nitrogens with zero attached hydrogens (tertiary/aromatic N) is 1. The molecule has 0 aromatic heterocycles. The van der Waals surface area contributed by atoms with Crippen molar-refractivity contribution in [2.24, 2.45) is 5.92 Å². The number of ketones is 1. The topological polar surface area (TPSA) is 37.4 Å². The number of amides is 1. The molecule has 0 fully saturated rings. The molecule has 0 bridgehead atoms. The number of halogens is 1. The molecular weight excluding hydrogens is 358 g/mol. The summed E-state index contributed by atoms with van der Waals surface area (Å²) in [4.78, 5) is 27.4. The van der Waals surface area contributed by atoms with Crippen LogP contribution in [0.5, 0.6) is 0 Å². The third-order valence-corrected chi connectivity index (χ3v) is 5.45. The minimum absolute atomic E-state index is 0.0146. The van der Waals surface area contributed by atoms with E-state index in [0.717, 1.165) is 23.3 Å². The first-order valence-electron chi connectivity index (χ1n) is 9.22. The highest BCUT2D eigenvalue weighted by Gasteiger charge is 2.38. The number of hydrogen-bond acceptors (Lipinski definition) is 2. The van der Waals surface area contributed by atoms with Crippen LogP contribution in [0.1, 0.15) is 31.2 Å². The van der Waals surface area contributed by atoms with E-state index < -0.39 is 0 Å². The molecule has 0 N–H and O–H groups in total. The highest BCUT2D eigenvalue weighted by Crippen LogP contribution is 2.41. The molecule has 4 rings (SSSR count). The van der Waals surface area contributed by atoms with E-state index in [0.29, 0.717) is 23.6 Å². The molecule has 1 amide bonds. The summed E-state index contributed by atoms with van der Waals surface area (Å²) in [7, 11) is 0. The number of rotatable bonds is 3. The number of Topliss-reactive ketones (excluding diaryl/α,β-unsaturated/α-hetero) is 1. The Hall–Kier alpha value is -2.65. The monoisotopic (exact) mass is 377 g/mol. The summed E-state index contributed by atoms with van der Waals surface area (Å²) in [5, 5.41) is 0.522. The molecule has 0 saturated heterocycles. The fourth-order valence-corrected chi connectivity index (χ4v) is 4.12. The van der Waals surface area contributed by atoms with E-state index in [9.17, 15) is 9.59 Å². The number of carbonyl (C=O) groups excluding carboxylic acids is 2. The van der Waals surface area contributed by atoms with E-state index in [1.54, 1.807) is 11.0 Å². The standard InChI is InChI=1S/C23H20ClNO2/c24-18-9-4-5-10-19(18)25-20-11-6-12-21(26)23(20)17(15-22(25)27)14-13-16-7-2-1-3-8-16/h1-5,7-10,13-14,17H,6,11-12,15H2/b14-13+. The summed E-state index contributed by atoms with van der Waals surface area (Å²) in [5.74, 6) is -0.0537. The van der Waals surface area contributed by atoms with Gasteiger partial charge < -0.3 is 0 Å². The van der Waals surface area contributed by atoms with Gasteiger partial charge in [-0.25, -0.2) is 0 Å². The molecule has 1 atom stereocenters. The maximum atomic E-state index is 13.0. The lowest BCUT2D eigenvalue weighted by Gasteiger charge is -2.37. The third-order valence-electron chi connectivity index (χ3n) is 5.13. The predicted molar refractivity (Wildman–Crippen MR) is 108 cm³/mol. The van der Waals surface area contributed by atoms with Crippen molar-refractivity contribution >= 4 is 35.1 Å². The summed E-state index contributed by atoms with van der Waals surface area (Å²) in [6, 6.07) is 17.2. The second-order valence-corrected chi connectivity index (χ2v) is 7.31. The van der Waals surface area contributed by atoms with Crippen LogP contribution in [-0.4, -0.2) is 11.7 Å². The Morgan fingerprint density at radius 3 is 2.48 bits per heavy atom. The van der Waals surface area contributed by atoms with E-state index in [2.05, 4.69) is 0 Å². The van der Waals surface area contributed by atoms with Crippen LogP contribution < -0.4 is 4.90 Å². The lowest BCUT2D eigenvalue weighted by atomic mass is 9.80. The molecule has 2 aliphatic rings. The van der Waals surface area contributed by atoms with Gasteiger partial charge in [-0.1, -0.05) is 66.2 Å². The summed E-state index contributed by atoms with van der Waals surface area (Å²) >= 11 is 6.35. The SMILES string of the molecule is O=C1CCCC2=C1C(/C=C/c1ccccc1)CC(=O)N2c1ccccc1Cl. The number of anilines is 1. The van der Waals surface area contributed by atoms with Crippen LogP contribution >= 0.6 is 11.6 Å². The zero-order valence-corrected chi connectivity index (χ0v) is 15.7. The smallest absolute Gasteiger partial charge is 0.232 e. The van der Waals surface area contributed by atoms with Crippen LogP contribution in [0.15, 0.2) is 71.9 Å². The van der Waals surface area contributed by atoms with Crippen molar-refractivity contribution in [3.8, 4) is 0 Å². The van der Waals surface area contributed by atoms with Crippen molar-refractivity contribution in [3.05, 3.63) is 82.5 Å². The molecule has 3 nitrogen and oxygen atoms in total. The van der Waals surface area contributed by atoms with Crippen LogP contribution in [0, 0.1) is 5.92 Å². The summed E-state index contributed by atoms with van der Waals surface area (Å²) in [6.45, 7) is 0. The minimum Gasteiger partial charge on any atom is -0.294 e. The lowest BCUT2D eigenvalue weighted by Crippen LogP contribution is -2.41. The fraction of sp³-hybridized carbons (Fsp3) is 0.217. The molecule has 1 heterocycles. The maximum Gasteiger partial charge on any atom is 0.232 e. The van der Waals surface area contributed by atoms with Gasteiger partial charge in [0.25, 0.3) is 0 Å². The van der Waals surface area contributed by atoms with Crippen molar-refractivity contribution in [1.82, 2.24) is 0 Å². The average Bonchev–Trinajstić information content (AvgIpc) is 2.68. The number of hydrogen-bond donors (Lipinski definition) is 0. The van der Waals surface area contributed by atoms with Gasteiger partial charge in [-0.15, -0.1) is 0 Å². The summed E-state index contributed by atoms with van der Waals surface area (Å²) in [6.07, 6.45) is 6.29. The van der Waals surface area contributed by atoms with Crippen LogP contribution in [0.4, 0.5) is 5.69 Å². The zero-order valence-electron chi connectivity index (χ0n) is 14.9. The van der Waals surface area contributed by atoms with E-state index in [1.165, 1.54) is 0 Å². The van der Waals surface area contributed by atoms with Gasteiger partial charge in [0.1, 0.15) is 0 Å². The Morgan fingerprint density at radius 2 is 1.70 bits per heavy atom. The van der Waals surface area contributed by atoms with Crippen molar-refractivity contribution in [2.75, 3.05) is 4.90 Å². The van der Waals surface area contributed by atoms with E-state index >= 15 is 0 Å². The van der Waals surface area contributed by atoms with Gasteiger partial charge in [-0.3, -0.25) is 14.5 Å². The molecule has 1 unspecified atom stereocenters. The van der Waals surface area contributed by atoms with Crippen LogP contribution in [0.3, 0.4) is 0 Å². The normalized spacial score (nSPS) is 20.3. The van der Waals surface area contributed by atoms with Crippen molar-refractivity contribution < 1.29 is 9.59 Å². The Kier molecular flexibility index (Phi) is 4.95. The molecular formula is C23H20ClNO2. The molecule has 4 heteroatoms. The first-order valence-corrected chi connectivity index (χ1v) is 9.60. The van der Waals surface area contributed by atoms with Crippen molar-refractivity contribution in [3.63, 3.8) is 0 Å². The van der Waals surface area contributed by atoms with Gasteiger partial charge in [0.15, 0.2) is 5.78 Å². The van der Waals surface area contributed by atoms with Gasteiger partial charge in [0.05, 0.1) is 10.7 Å². The molecule has 2 aromatic rings. The fourth-order valence-electron chi connectivity index (χ4n) is 3.90. The Labute approximate surface area is 163 Å². The Balaban J connectivity index is 1.77. The van der Waals surface area contributed by atoms with Gasteiger partial charge in [0.2, 0.25) is 5.91 Å². The molecule has 27 heavy (non-hydrogen) atoms. The highest BCUT2D eigenvalue weighted by atomic mass is 35.5. The Bertz CT molecular complexity index is 946. The van der Waals surface area contributed by atoms with E-state index in [1.807, 2.05) is 60.7 Å². The van der Waals surface area contributed by atoms with Crippen LogP contribution in [0.25, 0.3) is 6.08 Å². The van der Waals surface area contributed by atoms with Crippen molar-refractivity contribution in [1.29, 1.82) is 0 Å². The number of allylic oxidation sites excluding steroid dienone is 3. The van der Waals surface area contributed by atoms with Crippen LogP contribution in [-0.2, 0) is 9.59 Å². The minimum atomic E-state index is -0.181. The largest absolute Gasteiger partial charge is 0.294 e. The second-order valence-electron chi connectivity index (χ2n) is 6.90. The number of benzene rings is 2. The molecule has 0 radical (unpaired) electrons. The van der Waals surface area contributed by atoms with Crippen molar-refractivity contribution in [2.45, 2.75) is 25.7 Å². The van der Waals surface area contributed by atoms with E-state index in [-0.39, 0.29) is 24.0 Å². The van der Waals surface area contributed by atoms with E-state index in [4.69, 9.17) is 11.6 Å². The third kappa shape index (κ3) is 3.47. The molecule has 2 aromatic carbocycles. The molecule has 0 saturated carbocycles. The van der Waals surface area contributed by atoms with Gasteiger partial charge in [-0.05, 0) is 30.5 Å². The zero-order chi connectivity index (χ0) is 18.8. The number of para-hydroxylation sites is 1. The van der Waals surface area contributed by atoms with Gasteiger partial charge in [0, 0.05) is 30.0 Å². The Morgan fingerprint density at radius 1 is 0.963 bits per heavy atom. The summed E-state index contributed by atoms with van der Waals surface area (Å²) in [5.41, 5.74) is 3.31. The molecule has 136 valence electrons. The predicted octanol–water partition coefficient (Wildman–Crippen LogP) is 5.41. The average molecular weight is 378 g/mol. The quantitative estimate of drug-likeness (QED) is 0.716. The highest BCUT2D eigenvalue weighted by molar-refractivity contribution is 6.34. The van der Waals surface area contributed by atoms with Gasteiger partial charge in [-0.2, -0.15) is 0 Å². The molecule has 1 aliphatic heterocycles. The maximum absolute atomic E-state index is 13.0. The molecule has 1 aliphatic carbocycles. The first-order chi connectivity index (χ1) is 13.1. The lowest BCUT2D eigenvalue weighted by molar-refractivity contribution is -0.120. The molecule has 0 spiro atoms. The van der Waals surface area contributed by atoms with Gasteiger partial charge >= 0.3 is 0 Å². The summed E-state index contributed by atoms with van der Waals surface area (Å²) < 4.78 is 0. The first kappa shape index (κ1) is 17.7.